The third kappa shape index (κ3) is 7.12. The van der Waals surface area contributed by atoms with E-state index in [-0.39, 0.29) is 29.3 Å². The molecule has 4 aromatic carbocycles. The predicted octanol–water partition coefficient (Wildman–Crippen LogP) is 4.40. The summed E-state index contributed by atoms with van der Waals surface area (Å²) in [5.41, 5.74) is 4.17. The van der Waals surface area contributed by atoms with Crippen molar-refractivity contribution in [3.8, 4) is 5.75 Å². The van der Waals surface area contributed by atoms with Gasteiger partial charge in [-0.2, -0.15) is 5.10 Å². The van der Waals surface area contributed by atoms with Gasteiger partial charge in [0.05, 0.1) is 36.0 Å². The van der Waals surface area contributed by atoms with E-state index < -0.39 is 21.9 Å². The van der Waals surface area contributed by atoms with Crippen molar-refractivity contribution in [1.29, 1.82) is 0 Å². The van der Waals surface area contributed by atoms with Crippen molar-refractivity contribution in [2.24, 2.45) is 5.10 Å². The number of benzene rings is 4. The van der Waals surface area contributed by atoms with Crippen LogP contribution in [0.4, 0.5) is 5.69 Å². The zero-order chi connectivity index (χ0) is 28.4. The average Bonchev–Trinajstić information content (AvgIpc) is 2.99. The van der Waals surface area contributed by atoms with Crippen LogP contribution < -0.4 is 14.5 Å². The first-order valence-corrected chi connectivity index (χ1v) is 13.7. The molecule has 0 saturated heterocycles. The van der Waals surface area contributed by atoms with Gasteiger partial charge < -0.3 is 9.47 Å². The molecule has 0 radical (unpaired) electrons. The molecular formula is C30H27N3O6S. The lowest BCUT2D eigenvalue weighted by molar-refractivity contribution is -0.142. The molecule has 204 valence electrons. The molecule has 0 unspecified atom stereocenters. The average molecular weight is 558 g/mol. The van der Waals surface area contributed by atoms with E-state index in [4.69, 9.17) is 4.74 Å². The van der Waals surface area contributed by atoms with E-state index >= 15 is 0 Å². The van der Waals surface area contributed by atoms with E-state index in [1.165, 1.54) is 29.8 Å². The number of methoxy groups -OCH3 is 1. The number of carbonyl (C=O) groups is 2. The second-order valence-corrected chi connectivity index (χ2v) is 10.3. The Bertz CT molecular complexity index is 1590. The molecule has 9 nitrogen and oxygen atoms in total. The third-order valence-electron chi connectivity index (χ3n) is 5.74. The molecule has 0 aliphatic heterocycles. The molecular weight excluding hydrogens is 530 g/mol. The summed E-state index contributed by atoms with van der Waals surface area (Å²) in [6, 6.07) is 30.4. The van der Waals surface area contributed by atoms with E-state index in [1.807, 2.05) is 30.3 Å². The van der Waals surface area contributed by atoms with Crippen molar-refractivity contribution < 1.29 is 27.5 Å². The second-order valence-electron chi connectivity index (χ2n) is 8.46. The summed E-state index contributed by atoms with van der Waals surface area (Å²) in [4.78, 5) is 24.6. The fourth-order valence-corrected chi connectivity index (χ4v) is 5.26. The van der Waals surface area contributed by atoms with Gasteiger partial charge in [-0.15, -0.1) is 0 Å². The first-order valence-electron chi connectivity index (χ1n) is 12.2. The largest absolute Gasteiger partial charge is 0.482 e. The molecule has 1 N–H and O–H groups in total. The number of amides is 1. The summed E-state index contributed by atoms with van der Waals surface area (Å²) in [5, 5.41) is 4.04. The number of hydrogen-bond acceptors (Lipinski definition) is 7. The molecule has 0 aliphatic rings. The summed E-state index contributed by atoms with van der Waals surface area (Å²) in [7, 11) is -2.75. The van der Waals surface area contributed by atoms with Crippen LogP contribution in [-0.2, 0) is 26.1 Å². The van der Waals surface area contributed by atoms with Crippen molar-refractivity contribution in [1.82, 2.24) is 5.43 Å². The van der Waals surface area contributed by atoms with Gasteiger partial charge in [-0.3, -0.25) is 9.10 Å². The molecule has 0 aromatic heterocycles. The SMILES string of the molecule is COC(=O)COc1cccc(/C=N\NC(=O)c2ccccc2N(Cc2ccccc2)S(=O)(=O)c2ccccc2)c1. The predicted molar refractivity (Wildman–Crippen MR) is 152 cm³/mol. The number of ether oxygens (including phenoxy) is 2. The lowest BCUT2D eigenvalue weighted by Crippen LogP contribution is -2.33. The monoisotopic (exact) mass is 557 g/mol. The Hall–Kier alpha value is -4.96. The van der Waals surface area contributed by atoms with Crippen molar-refractivity contribution >= 4 is 33.8 Å². The quantitative estimate of drug-likeness (QED) is 0.166. The Morgan fingerprint density at radius 2 is 1.55 bits per heavy atom. The minimum atomic E-state index is -4.02. The van der Waals surface area contributed by atoms with Gasteiger partial charge in [0.2, 0.25) is 0 Å². The number of rotatable bonds is 11. The van der Waals surface area contributed by atoms with Gasteiger partial charge in [-0.05, 0) is 47.5 Å². The zero-order valence-corrected chi connectivity index (χ0v) is 22.5. The molecule has 4 aromatic rings. The molecule has 0 fully saturated rings. The van der Waals surface area contributed by atoms with Crippen molar-refractivity contribution in [3.63, 3.8) is 0 Å². The second kappa shape index (κ2) is 13.2. The standard InChI is InChI=1S/C30H27N3O6S/c1-38-29(34)22-39-25-14-10-13-24(19-25)20-31-32-30(35)27-17-8-9-18-28(27)33(21-23-11-4-2-5-12-23)40(36,37)26-15-6-3-7-16-26/h2-20H,21-22H2,1H3,(H,32,35)/b31-20-. The normalized spacial score (nSPS) is 11.1. The van der Waals surface area contributed by atoms with Gasteiger partial charge in [0.25, 0.3) is 15.9 Å². The van der Waals surface area contributed by atoms with Gasteiger partial charge in [0, 0.05) is 0 Å². The maximum Gasteiger partial charge on any atom is 0.343 e. The number of anilines is 1. The van der Waals surface area contributed by atoms with Crippen LogP contribution in [0.2, 0.25) is 0 Å². The summed E-state index contributed by atoms with van der Waals surface area (Å²) < 4.78 is 38.7. The molecule has 1 amide bonds. The van der Waals surface area contributed by atoms with Crippen LogP contribution in [0.5, 0.6) is 5.75 Å². The van der Waals surface area contributed by atoms with Crippen LogP contribution in [0.1, 0.15) is 21.5 Å². The lowest BCUT2D eigenvalue weighted by Gasteiger charge is -2.26. The molecule has 4 rings (SSSR count). The number of para-hydroxylation sites is 1. The molecule has 0 saturated carbocycles. The zero-order valence-electron chi connectivity index (χ0n) is 21.6. The molecule has 0 bridgehead atoms. The number of esters is 1. The van der Waals surface area contributed by atoms with Crippen LogP contribution >= 0.6 is 0 Å². The van der Waals surface area contributed by atoms with E-state index in [0.29, 0.717) is 11.3 Å². The molecule has 0 atom stereocenters. The van der Waals surface area contributed by atoms with Gasteiger partial charge in [0.15, 0.2) is 6.61 Å². The van der Waals surface area contributed by atoms with E-state index in [1.54, 1.807) is 66.7 Å². The highest BCUT2D eigenvalue weighted by Gasteiger charge is 2.28. The first-order chi connectivity index (χ1) is 19.4. The number of nitrogens with one attached hydrogen (secondary N) is 1. The fourth-order valence-electron chi connectivity index (χ4n) is 3.76. The van der Waals surface area contributed by atoms with Crippen LogP contribution in [0, 0.1) is 0 Å². The number of nitrogens with zero attached hydrogens (tertiary/aromatic N) is 2. The Kier molecular flexibility index (Phi) is 9.27. The number of sulfonamides is 1. The van der Waals surface area contributed by atoms with Gasteiger partial charge in [-0.1, -0.05) is 72.8 Å². The molecule has 0 spiro atoms. The minimum Gasteiger partial charge on any atom is -0.482 e. The Balaban J connectivity index is 1.59. The van der Waals surface area contributed by atoms with Crippen LogP contribution in [0.25, 0.3) is 0 Å². The smallest absolute Gasteiger partial charge is 0.343 e. The van der Waals surface area contributed by atoms with Crippen LogP contribution in [-0.4, -0.2) is 40.2 Å². The van der Waals surface area contributed by atoms with E-state index in [9.17, 15) is 18.0 Å². The van der Waals surface area contributed by atoms with E-state index in [2.05, 4.69) is 15.3 Å². The Labute approximate surface area is 232 Å². The molecule has 0 aliphatic carbocycles. The number of hydrazone groups is 1. The first kappa shape index (κ1) is 28.1. The van der Waals surface area contributed by atoms with Crippen LogP contribution in [0.3, 0.4) is 0 Å². The summed E-state index contributed by atoms with van der Waals surface area (Å²) in [5.74, 6) is -0.680. The van der Waals surface area contributed by atoms with Crippen molar-refractivity contribution in [3.05, 3.63) is 126 Å². The topological polar surface area (TPSA) is 114 Å². The Morgan fingerprint density at radius 3 is 2.27 bits per heavy atom. The van der Waals surface area contributed by atoms with E-state index in [0.717, 1.165) is 5.56 Å². The molecule has 40 heavy (non-hydrogen) atoms. The lowest BCUT2D eigenvalue weighted by atomic mass is 10.1. The number of carbonyl (C=O) groups excluding carboxylic acids is 2. The third-order valence-corrected chi connectivity index (χ3v) is 7.51. The van der Waals surface area contributed by atoms with Crippen LogP contribution in [0.15, 0.2) is 119 Å². The maximum absolute atomic E-state index is 13.8. The van der Waals surface area contributed by atoms with Gasteiger partial charge in [0.1, 0.15) is 5.75 Å². The molecule has 0 heterocycles. The highest BCUT2D eigenvalue weighted by atomic mass is 32.2. The molecule has 10 heteroatoms. The fraction of sp³-hybridized carbons (Fsp3) is 0.100. The highest BCUT2D eigenvalue weighted by Crippen LogP contribution is 2.29. The van der Waals surface area contributed by atoms with Gasteiger partial charge >= 0.3 is 5.97 Å². The maximum atomic E-state index is 13.8. The minimum absolute atomic E-state index is 0.0179. The van der Waals surface area contributed by atoms with Crippen molar-refractivity contribution in [2.45, 2.75) is 11.4 Å². The summed E-state index contributed by atoms with van der Waals surface area (Å²) >= 11 is 0. The highest BCUT2D eigenvalue weighted by molar-refractivity contribution is 7.92. The summed E-state index contributed by atoms with van der Waals surface area (Å²) in [6.07, 6.45) is 1.41. The number of hydrogen-bond donors (Lipinski definition) is 1. The van der Waals surface area contributed by atoms with Gasteiger partial charge in [-0.25, -0.2) is 18.6 Å². The summed E-state index contributed by atoms with van der Waals surface area (Å²) in [6.45, 7) is -0.222. The Morgan fingerprint density at radius 1 is 0.875 bits per heavy atom. The van der Waals surface area contributed by atoms with Crippen molar-refractivity contribution in [2.75, 3.05) is 18.0 Å².